The molecule has 8 atom stereocenters. The Labute approximate surface area is 524 Å². The van der Waals surface area contributed by atoms with Crippen LogP contribution in [0, 0.1) is 0 Å². The monoisotopic (exact) mass is 1200 g/mol. The maximum atomic E-state index is 13.5. The van der Waals surface area contributed by atoms with Crippen molar-refractivity contribution in [2.45, 2.75) is 423 Å². The molecule has 0 aromatic rings. The molecule has 1 aliphatic rings. The standard InChI is InChI=1S/C74H141NO10/c1-4-7-10-13-16-19-22-25-27-29-31-32-33-34-35-37-38-40-43-46-49-52-55-58-61-67(78)73(82)75-65(66(77)60-57-54-51-48-45-42-24-21-18-15-12-9-6-3)64-83-74-72(71(81)70(80)68(63-76)84-74)85-69(79)62-59-56-53-50-47-44-41-39-36-30-28-26-23-20-17-14-11-8-5-2/h25,27,57,60,65-68,70-72,74,76-78,80-81H,4-24,26,28-56,58-59,61-64H2,1-3H3,(H,75,82)/b27-25+,60-57+. The summed E-state index contributed by atoms with van der Waals surface area (Å²) in [7, 11) is 0. The van der Waals surface area contributed by atoms with Gasteiger partial charge in [-0.05, 0) is 51.4 Å². The average Bonchev–Trinajstić information content (AvgIpc) is 3.17. The molecule has 1 amide bonds. The number of carbonyl (C=O) groups excluding carboxylic acids is 2. The number of aliphatic hydroxyl groups is 5. The van der Waals surface area contributed by atoms with E-state index in [-0.39, 0.29) is 13.0 Å². The molecule has 0 spiro atoms. The summed E-state index contributed by atoms with van der Waals surface area (Å²) in [5.41, 5.74) is 0. The Balaban J connectivity index is 2.55. The second-order valence-corrected chi connectivity index (χ2v) is 26.0. The number of aliphatic hydroxyl groups excluding tert-OH is 5. The van der Waals surface area contributed by atoms with Crippen molar-refractivity contribution in [3.8, 4) is 0 Å². The van der Waals surface area contributed by atoms with Crippen LogP contribution in [0.5, 0.6) is 0 Å². The molecule has 1 aliphatic heterocycles. The summed E-state index contributed by atoms with van der Waals surface area (Å²) in [6.45, 7) is 5.86. The summed E-state index contributed by atoms with van der Waals surface area (Å²) in [5.74, 6) is -1.17. The summed E-state index contributed by atoms with van der Waals surface area (Å²) in [5, 5.41) is 57.3. The van der Waals surface area contributed by atoms with E-state index in [2.05, 4.69) is 38.2 Å². The van der Waals surface area contributed by atoms with Gasteiger partial charge in [0.15, 0.2) is 12.4 Å². The fourth-order valence-corrected chi connectivity index (χ4v) is 12.0. The molecule has 1 saturated heterocycles. The third kappa shape index (κ3) is 49.6. The van der Waals surface area contributed by atoms with Gasteiger partial charge in [-0.2, -0.15) is 0 Å². The molecule has 0 saturated carbocycles. The average molecular weight is 1200 g/mol. The van der Waals surface area contributed by atoms with Gasteiger partial charge in [-0.3, -0.25) is 9.59 Å². The molecule has 0 aliphatic carbocycles. The number of amides is 1. The van der Waals surface area contributed by atoms with Crippen LogP contribution >= 0.6 is 0 Å². The molecule has 11 nitrogen and oxygen atoms in total. The van der Waals surface area contributed by atoms with Crippen LogP contribution in [0.2, 0.25) is 0 Å². The zero-order valence-corrected chi connectivity index (χ0v) is 56.0. The lowest BCUT2D eigenvalue weighted by molar-refractivity contribution is -0.305. The summed E-state index contributed by atoms with van der Waals surface area (Å²) >= 11 is 0. The van der Waals surface area contributed by atoms with Gasteiger partial charge in [-0.1, -0.05) is 340 Å². The predicted octanol–water partition coefficient (Wildman–Crippen LogP) is 19.2. The summed E-state index contributed by atoms with van der Waals surface area (Å²) in [4.78, 5) is 26.7. The first-order valence-corrected chi connectivity index (χ1v) is 37.1. The number of ether oxygens (including phenoxy) is 3. The zero-order chi connectivity index (χ0) is 61.7. The molecule has 0 bridgehead atoms. The largest absolute Gasteiger partial charge is 0.454 e. The quantitative estimate of drug-likeness (QED) is 0.0195. The van der Waals surface area contributed by atoms with E-state index in [1.807, 2.05) is 6.08 Å². The molecule has 0 aromatic heterocycles. The van der Waals surface area contributed by atoms with Crippen LogP contribution in [0.25, 0.3) is 0 Å². The van der Waals surface area contributed by atoms with Gasteiger partial charge in [0.05, 0.1) is 25.4 Å². The van der Waals surface area contributed by atoms with Crippen LogP contribution < -0.4 is 5.32 Å². The molecule has 0 radical (unpaired) electrons. The first-order chi connectivity index (χ1) is 41.7. The Bertz CT molecular complexity index is 1480. The van der Waals surface area contributed by atoms with Gasteiger partial charge >= 0.3 is 5.97 Å². The van der Waals surface area contributed by atoms with E-state index < -0.39 is 67.4 Å². The van der Waals surface area contributed by atoms with Crippen molar-refractivity contribution >= 4 is 11.9 Å². The Morgan fingerprint density at radius 2 is 0.776 bits per heavy atom. The van der Waals surface area contributed by atoms with E-state index in [1.54, 1.807) is 6.08 Å². The van der Waals surface area contributed by atoms with Crippen molar-refractivity contribution < 1.29 is 49.3 Å². The van der Waals surface area contributed by atoms with Crippen molar-refractivity contribution in [3.63, 3.8) is 0 Å². The lowest BCUT2D eigenvalue weighted by Gasteiger charge is -2.41. The molecule has 0 aromatic carbocycles. The lowest BCUT2D eigenvalue weighted by atomic mass is 9.99. The van der Waals surface area contributed by atoms with Crippen molar-refractivity contribution in [1.82, 2.24) is 5.32 Å². The maximum absolute atomic E-state index is 13.5. The molecule has 1 rings (SSSR count). The number of nitrogens with one attached hydrogen (secondary N) is 1. The fourth-order valence-electron chi connectivity index (χ4n) is 12.0. The van der Waals surface area contributed by atoms with Gasteiger partial charge < -0.3 is 45.1 Å². The minimum absolute atomic E-state index is 0.131. The van der Waals surface area contributed by atoms with E-state index in [9.17, 15) is 35.1 Å². The number of esters is 1. The number of allylic oxidation sites excluding steroid dienone is 3. The highest BCUT2D eigenvalue weighted by Gasteiger charge is 2.47. The SMILES string of the molecule is CCCCCCCC/C=C/CCCCCCCCCCCCCCCCC(O)C(=O)NC(COC1OC(CO)C(O)C(O)C1OC(=O)CCCCCCCCCCCCCCCCCCCCC)C(O)/C=C/CCCCCCCCCCCCC. The molecule has 502 valence electrons. The van der Waals surface area contributed by atoms with E-state index in [1.165, 1.54) is 270 Å². The Kier molecular flexibility index (Phi) is 59.5. The highest BCUT2D eigenvalue weighted by atomic mass is 16.7. The van der Waals surface area contributed by atoms with E-state index in [0.717, 1.165) is 57.8 Å². The topological polar surface area (TPSA) is 175 Å². The summed E-state index contributed by atoms with van der Waals surface area (Å²) < 4.78 is 17.7. The lowest BCUT2D eigenvalue weighted by Crippen LogP contribution is -2.61. The number of carbonyl (C=O) groups is 2. The molecular formula is C74H141NO10. The highest BCUT2D eigenvalue weighted by Crippen LogP contribution is 2.27. The molecule has 6 N–H and O–H groups in total. The second-order valence-electron chi connectivity index (χ2n) is 26.0. The first kappa shape index (κ1) is 81.2. The van der Waals surface area contributed by atoms with Gasteiger partial charge in [-0.15, -0.1) is 0 Å². The van der Waals surface area contributed by atoms with Crippen LogP contribution in [-0.2, 0) is 23.8 Å². The summed E-state index contributed by atoms with van der Waals surface area (Å²) in [6.07, 6.45) is 65.1. The van der Waals surface area contributed by atoms with Crippen LogP contribution in [0.1, 0.15) is 374 Å². The molecule has 8 unspecified atom stereocenters. The minimum atomic E-state index is -1.61. The highest BCUT2D eigenvalue weighted by molar-refractivity contribution is 5.80. The number of rotatable bonds is 65. The van der Waals surface area contributed by atoms with Crippen LogP contribution in [-0.4, -0.2) is 99.6 Å². The predicted molar refractivity (Wildman–Crippen MR) is 357 cm³/mol. The summed E-state index contributed by atoms with van der Waals surface area (Å²) in [6, 6.07) is -1.02. The van der Waals surface area contributed by atoms with Gasteiger partial charge in [0.25, 0.3) is 0 Å². The van der Waals surface area contributed by atoms with Crippen molar-refractivity contribution in [1.29, 1.82) is 0 Å². The van der Waals surface area contributed by atoms with Gasteiger partial charge in [0.1, 0.15) is 24.4 Å². The van der Waals surface area contributed by atoms with Crippen molar-refractivity contribution in [3.05, 3.63) is 24.3 Å². The van der Waals surface area contributed by atoms with Crippen LogP contribution in [0.15, 0.2) is 24.3 Å². The van der Waals surface area contributed by atoms with Gasteiger partial charge in [0.2, 0.25) is 5.91 Å². The molecule has 1 heterocycles. The third-order valence-electron chi connectivity index (χ3n) is 17.9. The molecule has 1 fully saturated rings. The maximum Gasteiger partial charge on any atom is 0.306 e. The Hall–Kier alpha value is -1.86. The first-order valence-electron chi connectivity index (χ1n) is 37.1. The molecule has 85 heavy (non-hydrogen) atoms. The van der Waals surface area contributed by atoms with Crippen molar-refractivity contribution in [2.24, 2.45) is 0 Å². The minimum Gasteiger partial charge on any atom is -0.454 e. The number of hydrogen-bond donors (Lipinski definition) is 6. The van der Waals surface area contributed by atoms with E-state index in [4.69, 9.17) is 14.2 Å². The number of unbranched alkanes of at least 4 members (excludes halogenated alkanes) is 49. The molecule has 11 heteroatoms. The van der Waals surface area contributed by atoms with E-state index >= 15 is 0 Å². The van der Waals surface area contributed by atoms with Gasteiger partial charge in [-0.25, -0.2) is 0 Å². The van der Waals surface area contributed by atoms with Crippen molar-refractivity contribution in [2.75, 3.05) is 13.2 Å². The third-order valence-corrected chi connectivity index (χ3v) is 17.9. The molecular weight excluding hydrogens is 1060 g/mol. The van der Waals surface area contributed by atoms with Crippen LogP contribution in [0.4, 0.5) is 0 Å². The fraction of sp³-hybridized carbons (Fsp3) is 0.919. The number of hydrogen-bond acceptors (Lipinski definition) is 10. The van der Waals surface area contributed by atoms with E-state index in [0.29, 0.717) is 19.3 Å². The van der Waals surface area contributed by atoms with Crippen LogP contribution in [0.3, 0.4) is 0 Å². The smallest absolute Gasteiger partial charge is 0.306 e. The second kappa shape index (κ2) is 62.3. The van der Waals surface area contributed by atoms with Gasteiger partial charge in [0, 0.05) is 6.42 Å². The Morgan fingerprint density at radius 3 is 1.14 bits per heavy atom. The normalized spacial score (nSPS) is 18.4. The zero-order valence-electron chi connectivity index (χ0n) is 56.0. The Morgan fingerprint density at radius 1 is 0.447 bits per heavy atom.